The van der Waals surface area contributed by atoms with E-state index in [0.29, 0.717) is 5.95 Å². The van der Waals surface area contributed by atoms with Crippen molar-refractivity contribution in [2.75, 3.05) is 11.6 Å². The van der Waals surface area contributed by atoms with Crippen LogP contribution < -0.4 is 5.32 Å². The molecule has 2 aromatic carbocycles. The van der Waals surface area contributed by atoms with Crippen LogP contribution in [0.25, 0.3) is 11.3 Å². The van der Waals surface area contributed by atoms with Crippen LogP contribution in [0.3, 0.4) is 0 Å². The molecule has 0 aliphatic heterocycles. The van der Waals surface area contributed by atoms with Gasteiger partial charge in [0, 0.05) is 22.3 Å². The van der Waals surface area contributed by atoms with Crippen LogP contribution in [-0.4, -0.2) is 16.2 Å². The number of para-hydroxylation sites is 1. The molecule has 0 saturated heterocycles. The molecule has 0 fully saturated rings. The zero-order valence-electron chi connectivity index (χ0n) is 11.7. The zero-order valence-corrected chi connectivity index (χ0v) is 12.5. The highest BCUT2D eigenvalue weighted by Gasteiger charge is 2.03. The Morgan fingerprint density at radius 2 is 1.67 bits per heavy atom. The summed E-state index contributed by atoms with van der Waals surface area (Å²) < 4.78 is 0. The van der Waals surface area contributed by atoms with Gasteiger partial charge in [0.1, 0.15) is 0 Å². The van der Waals surface area contributed by atoms with Gasteiger partial charge in [0.2, 0.25) is 5.95 Å². The molecule has 104 valence electrons. The van der Waals surface area contributed by atoms with E-state index >= 15 is 0 Å². The highest BCUT2D eigenvalue weighted by molar-refractivity contribution is 7.98. The molecular formula is C17H15N3S. The summed E-state index contributed by atoms with van der Waals surface area (Å²) in [6.07, 6.45) is 3.84. The fourth-order valence-corrected chi connectivity index (χ4v) is 2.40. The Bertz CT molecular complexity index is 712. The van der Waals surface area contributed by atoms with Gasteiger partial charge in [0.15, 0.2) is 0 Å². The minimum atomic E-state index is 0.604. The Balaban J connectivity index is 1.85. The Hall–Kier alpha value is -2.33. The molecule has 0 amide bonds. The van der Waals surface area contributed by atoms with Crippen LogP contribution in [0.2, 0.25) is 0 Å². The molecule has 3 nitrogen and oxygen atoms in total. The number of anilines is 2. The van der Waals surface area contributed by atoms with Gasteiger partial charge in [-0.1, -0.05) is 30.3 Å². The molecule has 0 saturated carbocycles. The van der Waals surface area contributed by atoms with Crippen molar-refractivity contribution in [3.8, 4) is 11.3 Å². The van der Waals surface area contributed by atoms with Crippen molar-refractivity contribution in [1.82, 2.24) is 9.97 Å². The smallest absolute Gasteiger partial charge is 0.227 e. The number of nitrogens with zero attached hydrogens (tertiary/aromatic N) is 2. The second kappa shape index (κ2) is 6.41. The summed E-state index contributed by atoms with van der Waals surface area (Å²) in [4.78, 5) is 10.1. The summed E-state index contributed by atoms with van der Waals surface area (Å²) in [5.74, 6) is 0.604. The van der Waals surface area contributed by atoms with Crippen LogP contribution in [0.1, 0.15) is 0 Å². The number of hydrogen-bond donors (Lipinski definition) is 1. The van der Waals surface area contributed by atoms with Gasteiger partial charge in [0.25, 0.3) is 0 Å². The molecule has 0 spiro atoms. The van der Waals surface area contributed by atoms with Crippen LogP contribution in [0, 0.1) is 0 Å². The third-order valence-corrected chi connectivity index (χ3v) is 3.81. The molecular weight excluding hydrogens is 278 g/mol. The Morgan fingerprint density at radius 3 is 2.38 bits per heavy atom. The van der Waals surface area contributed by atoms with E-state index in [-0.39, 0.29) is 0 Å². The topological polar surface area (TPSA) is 37.8 Å². The second-order valence-corrected chi connectivity index (χ2v) is 5.36. The predicted molar refractivity (Wildman–Crippen MR) is 89.0 cm³/mol. The normalized spacial score (nSPS) is 10.3. The molecule has 0 atom stereocenters. The third kappa shape index (κ3) is 3.41. The van der Waals surface area contributed by atoms with Crippen LogP contribution >= 0.6 is 11.8 Å². The summed E-state index contributed by atoms with van der Waals surface area (Å²) in [5.41, 5.74) is 2.98. The quantitative estimate of drug-likeness (QED) is 0.713. The van der Waals surface area contributed by atoms with Crippen molar-refractivity contribution in [3.63, 3.8) is 0 Å². The van der Waals surface area contributed by atoms with Gasteiger partial charge in [-0.05, 0) is 36.6 Å². The van der Waals surface area contributed by atoms with E-state index in [2.05, 4.69) is 45.8 Å². The van der Waals surface area contributed by atoms with Gasteiger partial charge in [0.05, 0.1) is 5.69 Å². The van der Waals surface area contributed by atoms with Gasteiger partial charge in [-0.15, -0.1) is 11.8 Å². The van der Waals surface area contributed by atoms with E-state index in [1.807, 2.05) is 36.4 Å². The third-order valence-electron chi connectivity index (χ3n) is 3.07. The lowest BCUT2D eigenvalue weighted by Gasteiger charge is -2.07. The predicted octanol–water partition coefficient (Wildman–Crippen LogP) is 4.61. The van der Waals surface area contributed by atoms with E-state index in [1.165, 1.54) is 4.90 Å². The van der Waals surface area contributed by atoms with Crippen molar-refractivity contribution < 1.29 is 0 Å². The Labute approximate surface area is 128 Å². The van der Waals surface area contributed by atoms with Crippen LogP contribution in [0.4, 0.5) is 11.6 Å². The van der Waals surface area contributed by atoms with Gasteiger partial charge in [-0.2, -0.15) is 0 Å². The van der Waals surface area contributed by atoms with Crippen molar-refractivity contribution in [1.29, 1.82) is 0 Å². The zero-order chi connectivity index (χ0) is 14.5. The van der Waals surface area contributed by atoms with E-state index in [0.717, 1.165) is 16.9 Å². The maximum Gasteiger partial charge on any atom is 0.227 e. The minimum absolute atomic E-state index is 0.604. The largest absolute Gasteiger partial charge is 0.324 e. The number of hydrogen-bond acceptors (Lipinski definition) is 4. The first-order valence-electron chi connectivity index (χ1n) is 6.65. The van der Waals surface area contributed by atoms with Gasteiger partial charge in [-0.3, -0.25) is 0 Å². The first kappa shape index (κ1) is 13.6. The Morgan fingerprint density at radius 1 is 0.905 bits per heavy atom. The summed E-state index contributed by atoms with van der Waals surface area (Å²) in [7, 11) is 0. The van der Waals surface area contributed by atoms with E-state index in [1.54, 1.807) is 18.0 Å². The highest BCUT2D eigenvalue weighted by Crippen LogP contribution is 2.22. The number of aromatic nitrogens is 2. The fraction of sp³-hybridized carbons (Fsp3) is 0.0588. The number of benzene rings is 2. The molecule has 1 aromatic heterocycles. The molecule has 1 N–H and O–H groups in total. The first-order valence-corrected chi connectivity index (χ1v) is 7.87. The molecule has 0 unspecified atom stereocenters. The van der Waals surface area contributed by atoms with Crippen molar-refractivity contribution in [3.05, 3.63) is 66.9 Å². The van der Waals surface area contributed by atoms with E-state index in [4.69, 9.17) is 0 Å². The number of nitrogens with one attached hydrogen (secondary N) is 1. The maximum absolute atomic E-state index is 4.56. The van der Waals surface area contributed by atoms with Crippen LogP contribution in [0.5, 0.6) is 0 Å². The fourth-order valence-electron chi connectivity index (χ4n) is 1.99. The van der Waals surface area contributed by atoms with E-state index < -0.39 is 0 Å². The molecule has 1 heterocycles. The lowest BCUT2D eigenvalue weighted by Crippen LogP contribution is -1.97. The van der Waals surface area contributed by atoms with Gasteiger partial charge >= 0.3 is 0 Å². The average molecular weight is 293 g/mol. The van der Waals surface area contributed by atoms with Crippen molar-refractivity contribution in [2.45, 2.75) is 4.90 Å². The van der Waals surface area contributed by atoms with Gasteiger partial charge in [-0.25, -0.2) is 9.97 Å². The molecule has 0 radical (unpaired) electrons. The van der Waals surface area contributed by atoms with Crippen LogP contribution in [-0.2, 0) is 0 Å². The lowest BCUT2D eigenvalue weighted by molar-refractivity contribution is 1.17. The highest BCUT2D eigenvalue weighted by atomic mass is 32.2. The van der Waals surface area contributed by atoms with E-state index in [9.17, 15) is 0 Å². The lowest BCUT2D eigenvalue weighted by atomic mass is 10.1. The summed E-state index contributed by atoms with van der Waals surface area (Å²) in [6, 6.07) is 20.2. The van der Waals surface area contributed by atoms with Crippen molar-refractivity contribution >= 4 is 23.4 Å². The van der Waals surface area contributed by atoms with Gasteiger partial charge < -0.3 is 5.32 Å². The molecule has 4 heteroatoms. The summed E-state index contributed by atoms with van der Waals surface area (Å²) in [6.45, 7) is 0. The van der Waals surface area contributed by atoms with Crippen molar-refractivity contribution in [2.24, 2.45) is 0 Å². The SMILES string of the molecule is CSc1ccc(-c2ccnc(Nc3ccccc3)n2)cc1. The maximum atomic E-state index is 4.56. The number of rotatable bonds is 4. The summed E-state index contributed by atoms with van der Waals surface area (Å²) >= 11 is 1.73. The monoisotopic (exact) mass is 293 g/mol. The standard InChI is InChI=1S/C17H15N3S/c1-21-15-9-7-13(8-10-15)16-11-12-18-17(20-16)19-14-5-3-2-4-6-14/h2-12H,1H3,(H,18,19,20). The molecule has 0 aliphatic carbocycles. The average Bonchev–Trinajstić information content (AvgIpc) is 2.56. The first-order chi connectivity index (χ1) is 10.3. The molecule has 3 aromatic rings. The molecule has 0 aliphatic rings. The molecule has 0 bridgehead atoms. The second-order valence-electron chi connectivity index (χ2n) is 4.49. The molecule has 21 heavy (non-hydrogen) atoms. The summed E-state index contributed by atoms with van der Waals surface area (Å²) in [5, 5.41) is 3.21. The van der Waals surface area contributed by atoms with Crippen LogP contribution in [0.15, 0.2) is 71.8 Å². The number of thioether (sulfide) groups is 1. The Kier molecular flexibility index (Phi) is 4.17. The minimum Gasteiger partial charge on any atom is -0.324 e. The molecule has 3 rings (SSSR count).